The first kappa shape index (κ1) is 22.8. The van der Waals surface area contributed by atoms with E-state index in [4.69, 9.17) is 21.0 Å². The highest BCUT2D eigenvalue weighted by Gasteiger charge is 2.29. The van der Waals surface area contributed by atoms with Crippen molar-refractivity contribution >= 4 is 63.1 Å². The highest BCUT2D eigenvalue weighted by Crippen LogP contribution is 2.56. The molecule has 1 aliphatic carbocycles. The van der Waals surface area contributed by atoms with E-state index in [9.17, 15) is 0 Å². The van der Waals surface area contributed by atoms with Crippen LogP contribution < -0.4 is 0 Å². The molecule has 1 aliphatic rings. The van der Waals surface area contributed by atoms with Crippen LogP contribution in [0.3, 0.4) is 0 Å². The molecule has 8 heteroatoms. The van der Waals surface area contributed by atoms with Crippen LogP contribution in [-0.2, 0) is 0 Å². The van der Waals surface area contributed by atoms with E-state index in [1.165, 1.54) is 36.2 Å². The zero-order chi connectivity index (χ0) is 24.5. The van der Waals surface area contributed by atoms with E-state index < -0.39 is 0 Å². The zero-order valence-corrected chi connectivity index (χ0v) is 21.4. The van der Waals surface area contributed by atoms with E-state index in [-0.39, 0.29) is 11.1 Å². The molecule has 4 heterocycles. The van der Waals surface area contributed by atoms with E-state index in [1.807, 2.05) is 48.5 Å². The van der Waals surface area contributed by atoms with Crippen molar-refractivity contribution in [1.29, 1.82) is 21.0 Å². The highest BCUT2D eigenvalue weighted by atomic mass is 32.1. The average molecular weight is 521 g/mol. The van der Waals surface area contributed by atoms with E-state index in [0.717, 1.165) is 19.5 Å². The van der Waals surface area contributed by atoms with Crippen LogP contribution in [0.2, 0.25) is 0 Å². The lowest BCUT2D eigenvalue weighted by Crippen LogP contribution is -1.76. The second-order valence-electron chi connectivity index (χ2n) is 7.38. The van der Waals surface area contributed by atoms with Gasteiger partial charge in [-0.2, -0.15) is 21.0 Å². The largest absolute Gasteiger partial charge is 0.192 e. The van der Waals surface area contributed by atoms with Gasteiger partial charge in [0.15, 0.2) is 0 Å². The molecule has 0 unspecified atom stereocenters. The Bertz CT molecular complexity index is 1600. The molecule has 0 aliphatic heterocycles. The average Bonchev–Trinajstić information content (AvgIpc) is 3.67. The van der Waals surface area contributed by atoms with Gasteiger partial charge in [0.2, 0.25) is 0 Å². The maximum Gasteiger partial charge on any atom is 0.131 e. The Morgan fingerprint density at radius 1 is 0.629 bits per heavy atom. The van der Waals surface area contributed by atoms with Gasteiger partial charge in [0.25, 0.3) is 0 Å². The van der Waals surface area contributed by atoms with Crippen LogP contribution in [-0.4, -0.2) is 0 Å². The molecular formula is C27H12N4S4. The molecular weight excluding hydrogens is 509 g/mol. The summed E-state index contributed by atoms with van der Waals surface area (Å²) < 4.78 is 0. The van der Waals surface area contributed by atoms with Gasteiger partial charge in [0.1, 0.15) is 35.4 Å². The number of hydrogen-bond donors (Lipinski definition) is 0. The third-order valence-electron chi connectivity index (χ3n) is 5.33. The number of hydrogen-bond acceptors (Lipinski definition) is 8. The van der Waals surface area contributed by atoms with Crippen molar-refractivity contribution in [1.82, 2.24) is 0 Å². The molecule has 0 bridgehead atoms. The van der Waals surface area contributed by atoms with Gasteiger partial charge in [-0.1, -0.05) is 6.08 Å². The predicted molar refractivity (Wildman–Crippen MR) is 145 cm³/mol. The second kappa shape index (κ2) is 9.32. The first-order chi connectivity index (χ1) is 17.1. The van der Waals surface area contributed by atoms with Gasteiger partial charge in [-0.05, 0) is 61.0 Å². The monoisotopic (exact) mass is 520 g/mol. The van der Waals surface area contributed by atoms with Crippen LogP contribution in [0, 0.1) is 45.3 Å². The summed E-state index contributed by atoms with van der Waals surface area (Å²) >= 11 is 6.66. The number of fused-ring (bicyclic) bond motifs is 3. The van der Waals surface area contributed by atoms with Gasteiger partial charge in [-0.15, -0.1) is 45.3 Å². The Morgan fingerprint density at radius 2 is 1.06 bits per heavy atom. The third-order valence-corrected chi connectivity index (χ3v) is 10.2. The summed E-state index contributed by atoms with van der Waals surface area (Å²) in [5, 5.41) is 36.1. The normalized spacial score (nSPS) is 10.8. The fourth-order valence-corrected chi connectivity index (χ4v) is 8.38. The highest BCUT2D eigenvalue weighted by molar-refractivity contribution is 7.29. The van der Waals surface area contributed by atoms with Crippen molar-refractivity contribution in [2.45, 2.75) is 6.92 Å². The van der Waals surface area contributed by atoms with Gasteiger partial charge in [-0.3, -0.25) is 0 Å². The van der Waals surface area contributed by atoms with Crippen molar-refractivity contribution in [2.75, 3.05) is 0 Å². The molecule has 4 aromatic heterocycles. The lowest BCUT2D eigenvalue weighted by Gasteiger charge is -1.97. The molecule has 0 N–H and O–H groups in total. The Hall–Kier alpha value is -4.02. The number of nitrogens with zero attached hydrogens (tertiary/aromatic N) is 4. The van der Waals surface area contributed by atoms with Gasteiger partial charge < -0.3 is 0 Å². The van der Waals surface area contributed by atoms with Crippen molar-refractivity contribution in [2.24, 2.45) is 0 Å². The van der Waals surface area contributed by atoms with Crippen LogP contribution in [0.4, 0.5) is 0 Å². The summed E-state index contributed by atoms with van der Waals surface area (Å²) in [6.07, 6.45) is 5.40. The topological polar surface area (TPSA) is 95.2 Å². The SMILES string of the molecule is CC=C1c2cc(-c3ccc(C=C(C#N)C#N)s3)sc2-c2sc(-c3ccc(C=C(C#N)C#N)s3)cc21. The first-order valence-corrected chi connectivity index (χ1v) is 13.5. The second-order valence-corrected chi connectivity index (χ2v) is 11.7. The number of nitriles is 4. The molecule has 0 saturated heterocycles. The van der Waals surface area contributed by atoms with E-state index in [1.54, 1.807) is 57.5 Å². The molecule has 0 amide bonds. The molecule has 164 valence electrons. The lowest BCUT2D eigenvalue weighted by molar-refractivity contribution is 1.47. The van der Waals surface area contributed by atoms with Crippen molar-refractivity contribution in [3.63, 3.8) is 0 Å². The van der Waals surface area contributed by atoms with Crippen molar-refractivity contribution in [3.8, 4) is 53.5 Å². The number of allylic oxidation sites excluding steroid dienone is 3. The minimum atomic E-state index is 0.0997. The van der Waals surface area contributed by atoms with Gasteiger partial charge >= 0.3 is 0 Å². The Balaban J connectivity index is 1.51. The smallest absolute Gasteiger partial charge is 0.131 e. The summed E-state index contributed by atoms with van der Waals surface area (Å²) in [4.78, 5) is 8.84. The molecule has 0 fully saturated rings. The quantitative estimate of drug-likeness (QED) is 0.222. The van der Waals surface area contributed by atoms with Crippen LogP contribution >= 0.6 is 45.3 Å². The fraction of sp³-hybridized carbons (Fsp3) is 0.0370. The van der Waals surface area contributed by atoms with Crippen molar-refractivity contribution < 1.29 is 0 Å². The predicted octanol–water partition coefficient (Wildman–Crippen LogP) is 8.56. The Kier molecular flexibility index (Phi) is 6.06. The maximum absolute atomic E-state index is 9.02. The molecule has 0 aromatic carbocycles. The number of rotatable bonds is 4. The van der Waals surface area contributed by atoms with E-state index >= 15 is 0 Å². The van der Waals surface area contributed by atoms with Crippen LogP contribution in [0.1, 0.15) is 27.8 Å². The molecule has 35 heavy (non-hydrogen) atoms. The Morgan fingerprint density at radius 3 is 1.43 bits per heavy atom. The molecule has 0 saturated carbocycles. The summed E-state index contributed by atoms with van der Waals surface area (Å²) in [5.41, 5.74) is 3.90. The van der Waals surface area contributed by atoms with Gasteiger partial charge in [0.05, 0.1) is 9.75 Å². The molecule has 0 atom stereocenters. The first-order valence-electron chi connectivity index (χ1n) is 10.3. The standard InChI is InChI=1S/C27H12N4S4/c1-2-19-20-9-24(22-5-3-17(32-22)7-15(11-28)12-29)34-26(20)27-21(19)10-25(35-27)23-6-4-18(33-23)8-16(13-30)14-31/h2-10H,1H3. The van der Waals surface area contributed by atoms with Gasteiger partial charge in [-0.25, -0.2) is 0 Å². The molecule has 5 rings (SSSR count). The number of thiophene rings is 4. The Labute approximate surface area is 218 Å². The van der Waals surface area contributed by atoms with Crippen LogP contribution in [0.15, 0.2) is 53.6 Å². The lowest BCUT2D eigenvalue weighted by atomic mass is 10.1. The van der Waals surface area contributed by atoms with Gasteiger partial charge in [0, 0.05) is 40.4 Å². The summed E-state index contributed by atoms with van der Waals surface area (Å²) in [6.45, 7) is 2.06. The zero-order valence-electron chi connectivity index (χ0n) is 18.1. The van der Waals surface area contributed by atoms with Crippen LogP contribution in [0.5, 0.6) is 0 Å². The van der Waals surface area contributed by atoms with E-state index in [0.29, 0.717) is 0 Å². The van der Waals surface area contributed by atoms with Crippen molar-refractivity contribution in [3.05, 3.63) is 74.5 Å². The fourth-order valence-electron chi connectivity index (χ4n) is 3.81. The molecule has 4 nitrogen and oxygen atoms in total. The third kappa shape index (κ3) is 4.07. The molecule has 0 spiro atoms. The summed E-state index contributed by atoms with van der Waals surface area (Å²) in [7, 11) is 0. The summed E-state index contributed by atoms with van der Waals surface area (Å²) in [5.74, 6) is 0. The molecule has 4 aromatic rings. The minimum absolute atomic E-state index is 0.0997. The van der Waals surface area contributed by atoms with E-state index in [2.05, 4.69) is 25.1 Å². The van der Waals surface area contributed by atoms with Crippen LogP contribution in [0.25, 0.3) is 47.0 Å². The molecule has 0 radical (unpaired) electrons. The maximum atomic E-state index is 9.02. The minimum Gasteiger partial charge on any atom is -0.192 e. The summed E-state index contributed by atoms with van der Waals surface area (Å²) in [6, 6.07) is 20.1.